The van der Waals surface area contributed by atoms with E-state index in [2.05, 4.69) is 11.3 Å². The van der Waals surface area contributed by atoms with E-state index in [4.69, 9.17) is 0 Å². The molecule has 0 aliphatic heterocycles. The van der Waals surface area contributed by atoms with Gasteiger partial charge in [0.05, 0.1) is 6.20 Å². The zero-order valence-electron chi connectivity index (χ0n) is 3.88. The van der Waals surface area contributed by atoms with E-state index < -0.39 is 6.55 Å². The maximum absolute atomic E-state index is 11.5. The average Bonchev–Trinajstić information content (AvgIpc) is 2.12. The summed E-state index contributed by atoms with van der Waals surface area (Å²) in [4.78, 5) is 0. The smallest absolute Gasteiger partial charge is 0.202 e. The second-order valence-corrected chi connectivity index (χ2v) is 1.18. The van der Waals surface area contributed by atoms with Gasteiger partial charge in [0.15, 0.2) is 0 Å². The fraction of sp³-hybridized carbons (Fsp3) is 0.250. The molecule has 0 atom stereocenters. The van der Waals surface area contributed by atoms with E-state index >= 15 is 0 Å². The topological polar surface area (TPSA) is 17.8 Å². The molecule has 1 heterocycles. The zero-order chi connectivity index (χ0) is 5.98. The molecule has 8 heavy (non-hydrogen) atoms. The van der Waals surface area contributed by atoms with Gasteiger partial charge in [0, 0.05) is 6.20 Å². The van der Waals surface area contributed by atoms with Gasteiger partial charge in [-0.25, -0.2) is 4.68 Å². The molecular weight excluding hydrogens is 114 g/mol. The highest BCUT2D eigenvalue weighted by molar-refractivity contribution is 4.74. The van der Waals surface area contributed by atoms with E-state index in [1.54, 1.807) is 0 Å². The zero-order valence-corrected chi connectivity index (χ0v) is 3.88. The quantitative estimate of drug-likeness (QED) is 0.538. The summed E-state index contributed by atoms with van der Waals surface area (Å²) < 4.78 is 23.4. The van der Waals surface area contributed by atoms with Crippen LogP contribution in [-0.4, -0.2) is 9.78 Å². The number of nitrogens with zero attached hydrogens (tertiary/aromatic N) is 2. The van der Waals surface area contributed by atoms with Crippen LogP contribution in [0.25, 0.3) is 0 Å². The molecule has 43 valence electrons. The molecule has 0 saturated heterocycles. The highest BCUT2D eigenvalue weighted by atomic mass is 19.3. The summed E-state index contributed by atoms with van der Waals surface area (Å²) in [6, 6.07) is 1.33. The first-order chi connectivity index (χ1) is 3.80. The molecule has 1 radical (unpaired) electrons. The fourth-order valence-corrected chi connectivity index (χ4v) is 0.355. The summed E-state index contributed by atoms with van der Waals surface area (Å²) in [5.41, 5.74) is 0. The van der Waals surface area contributed by atoms with Crippen molar-refractivity contribution in [1.82, 2.24) is 9.78 Å². The molecule has 1 rings (SSSR count). The molecule has 0 aliphatic rings. The Hall–Kier alpha value is -0.930. The third kappa shape index (κ3) is 0.828. The lowest BCUT2D eigenvalue weighted by Gasteiger charge is -1.92. The van der Waals surface area contributed by atoms with Crippen LogP contribution in [0.5, 0.6) is 0 Å². The maximum Gasteiger partial charge on any atom is 0.333 e. The normalized spacial score (nSPS) is 10.4. The first-order valence-corrected chi connectivity index (χ1v) is 2.00. The van der Waals surface area contributed by atoms with E-state index in [0.717, 1.165) is 0 Å². The summed E-state index contributed by atoms with van der Waals surface area (Å²) in [6.07, 6.45) is 3.45. The Morgan fingerprint density at radius 3 is 2.62 bits per heavy atom. The van der Waals surface area contributed by atoms with Crippen LogP contribution in [-0.2, 0) is 0 Å². The average molecular weight is 117 g/mol. The molecule has 0 amide bonds. The lowest BCUT2D eigenvalue weighted by molar-refractivity contribution is 0.0557. The van der Waals surface area contributed by atoms with E-state index in [9.17, 15) is 8.78 Å². The fourth-order valence-electron chi connectivity index (χ4n) is 0.355. The molecule has 0 fully saturated rings. The summed E-state index contributed by atoms with van der Waals surface area (Å²) in [6.45, 7) is -2.56. The largest absolute Gasteiger partial charge is 0.333 e. The van der Waals surface area contributed by atoms with Crippen LogP contribution in [0.1, 0.15) is 6.55 Å². The van der Waals surface area contributed by atoms with Crippen molar-refractivity contribution in [3.8, 4) is 0 Å². The van der Waals surface area contributed by atoms with Crippen molar-refractivity contribution in [1.29, 1.82) is 0 Å². The van der Waals surface area contributed by atoms with Crippen molar-refractivity contribution < 1.29 is 8.78 Å². The van der Waals surface area contributed by atoms with Crippen molar-refractivity contribution in [2.24, 2.45) is 0 Å². The van der Waals surface area contributed by atoms with Gasteiger partial charge in [0.25, 0.3) is 0 Å². The van der Waals surface area contributed by atoms with Gasteiger partial charge in [-0.3, -0.25) is 0 Å². The number of alkyl halides is 2. The number of rotatable bonds is 1. The minimum Gasteiger partial charge on any atom is -0.202 e. The van der Waals surface area contributed by atoms with Crippen LogP contribution in [0, 0.1) is 6.20 Å². The molecule has 0 bridgehead atoms. The molecule has 0 spiro atoms. The molecule has 0 N–H and O–H groups in total. The second-order valence-electron chi connectivity index (χ2n) is 1.18. The van der Waals surface area contributed by atoms with E-state index in [1.165, 1.54) is 12.3 Å². The lowest BCUT2D eigenvalue weighted by atomic mass is 10.8. The van der Waals surface area contributed by atoms with Crippen LogP contribution < -0.4 is 0 Å². The Balaban J connectivity index is 2.77. The van der Waals surface area contributed by atoms with Crippen LogP contribution in [0.15, 0.2) is 12.3 Å². The molecule has 2 nitrogen and oxygen atoms in total. The first-order valence-electron chi connectivity index (χ1n) is 2.00. The predicted molar refractivity (Wildman–Crippen MR) is 22.3 cm³/mol. The Morgan fingerprint density at radius 2 is 2.38 bits per heavy atom. The molecular formula is C4H3F2N2. The van der Waals surface area contributed by atoms with E-state index in [1.807, 2.05) is 0 Å². The number of hydrogen-bond donors (Lipinski definition) is 0. The summed E-state index contributed by atoms with van der Waals surface area (Å²) >= 11 is 0. The molecule has 0 aliphatic carbocycles. The van der Waals surface area contributed by atoms with E-state index in [0.29, 0.717) is 4.68 Å². The number of halogens is 2. The van der Waals surface area contributed by atoms with Crippen LogP contribution in [0.4, 0.5) is 8.78 Å². The number of hydrogen-bond acceptors (Lipinski definition) is 1. The van der Waals surface area contributed by atoms with Gasteiger partial charge in [-0.15, -0.1) is 0 Å². The second kappa shape index (κ2) is 1.90. The van der Waals surface area contributed by atoms with Gasteiger partial charge in [0.2, 0.25) is 0 Å². The van der Waals surface area contributed by atoms with Gasteiger partial charge in [-0.1, -0.05) is 0 Å². The number of aromatic nitrogens is 2. The maximum atomic E-state index is 11.5. The Kier molecular flexibility index (Phi) is 1.24. The van der Waals surface area contributed by atoms with Gasteiger partial charge in [-0.2, -0.15) is 13.9 Å². The Bertz CT molecular complexity index is 147. The van der Waals surface area contributed by atoms with Crippen molar-refractivity contribution in [2.45, 2.75) is 6.55 Å². The van der Waals surface area contributed by atoms with E-state index in [-0.39, 0.29) is 0 Å². The summed E-state index contributed by atoms with van der Waals surface area (Å²) in [5, 5.41) is 3.23. The highest BCUT2D eigenvalue weighted by Gasteiger charge is 2.01. The molecule has 0 aromatic carbocycles. The first kappa shape index (κ1) is 5.21. The monoisotopic (exact) mass is 117 g/mol. The molecule has 0 unspecified atom stereocenters. The van der Waals surface area contributed by atoms with Crippen molar-refractivity contribution >= 4 is 0 Å². The van der Waals surface area contributed by atoms with Gasteiger partial charge in [0.1, 0.15) is 0 Å². The standard InChI is InChI=1S/C4H3F2N2/c5-4(6)8-3-1-2-7-8/h1-2,4H. The molecule has 1 aromatic rings. The van der Waals surface area contributed by atoms with Crippen LogP contribution in [0.3, 0.4) is 0 Å². The Labute approximate surface area is 44.7 Å². The van der Waals surface area contributed by atoms with Crippen molar-refractivity contribution in [3.05, 3.63) is 18.5 Å². The van der Waals surface area contributed by atoms with Crippen LogP contribution in [0.2, 0.25) is 0 Å². The molecule has 4 heteroatoms. The van der Waals surface area contributed by atoms with Crippen molar-refractivity contribution in [3.63, 3.8) is 0 Å². The lowest BCUT2D eigenvalue weighted by Crippen LogP contribution is -1.96. The minimum absolute atomic E-state index is 0.458. The predicted octanol–water partition coefficient (Wildman–Crippen LogP) is 1.08. The third-order valence-corrected chi connectivity index (χ3v) is 0.657. The van der Waals surface area contributed by atoms with Gasteiger partial charge in [-0.05, 0) is 6.07 Å². The van der Waals surface area contributed by atoms with Crippen molar-refractivity contribution in [2.75, 3.05) is 0 Å². The summed E-state index contributed by atoms with van der Waals surface area (Å²) in [7, 11) is 0. The Morgan fingerprint density at radius 1 is 1.62 bits per heavy atom. The third-order valence-electron chi connectivity index (χ3n) is 0.657. The summed E-state index contributed by atoms with van der Waals surface area (Å²) in [5.74, 6) is 0. The van der Waals surface area contributed by atoms with Gasteiger partial charge < -0.3 is 0 Å². The minimum atomic E-state index is -2.56. The highest BCUT2D eigenvalue weighted by Crippen LogP contribution is 2.04. The molecule has 1 aromatic heterocycles. The SMILES string of the molecule is FC(F)n1[c]ccn1. The molecule has 0 saturated carbocycles. The van der Waals surface area contributed by atoms with Gasteiger partial charge >= 0.3 is 6.55 Å². The van der Waals surface area contributed by atoms with Crippen LogP contribution >= 0.6 is 0 Å².